The van der Waals surface area contributed by atoms with Crippen LogP contribution in [-0.4, -0.2) is 52.1 Å². The average molecular weight is 269 g/mol. The van der Waals surface area contributed by atoms with Crippen molar-refractivity contribution in [3.05, 3.63) is 24.0 Å². The van der Waals surface area contributed by atoms with Crippen LogP contribution in [-0.2, 0) is 10.8 Å². The van der Waals surface area contributed by atoms with Gasteiger partial charge in [0.2, 0.25) is 0 Å². The highest BCUT2D eigenvalue weighted by molar-refractivity contribution is 7.84. The average Bonchev–Trinajstić information content (AvgIpc) is 2.35. The maximum Gasteiger partial charge on any atom is 0.272 e. The van der Waals surface area contributed by atoms with Crippen LogP contribution in [0.25, 0.3) is 0 Å². The van der Waals surface area contributed by atoms with Gasteiger partial charge in [-0.05, 0) is 19.1 Å². The molecule has 0 bridgehead atoms. The van der Waals surface area contributed by atoms with Crippen molar-refractivity contribution in [1.29, 1.82) is 0 Å². The summed E-state index contributed by atoms with van der Waals surface area (Å²) >= 11 is 0. The molecule has 2 atom stereocenters. The van der Waals surface area contributed by atoms with Crippen molar-refractivity contribution in [2.24, 2.45) is 0 Å². The highest BCUT2D eigenvalue weighted by Gasteiger charge is 2.10. The third-order valence-corrected chi connectivity index (χ3v) is 3.85. The molecule has 1 amide bonds. The maximum atomic E-state index is 11.7. The molecule has 0 saturated carbocycles. The van der Waals surface area contributed by atoms with Crippen molar-refractivity contribution >= 4 is 22.4 Å². The van der Waals surface area contributed by atoms with Crippen LogP contribution in [0.15, 0.2) is 18.3 Å². The Bertz CT molecular complexity index is 449. The summed E-state index contributed by atoms with van der Waals surface area (Å²) in [5, 5.41) is 3.22. The fourth-order valence-electron chi connectivity index (χ4n) is 1.27. The Hall–Kier alpha value is -1.43. The van der Waals surface area contributed by atoms with E-state index in [9.17, 15) is 9.00 Å². The minimum atomic E-state index is -0.859. The molecule has 0 spiro atoms. The van der Waals surface area contributed by atoms with Gasteiger partial charge in [-0.25, -0.2) is 0 Å². The predicted molar refractivity (Wildman–Crippen MR) is 74.3 cm³/mol. The number of aromatic nitrogens is 1. The monoisotopic (exact) mass is 269 g/mol. The van der Waals surface area contributed by atoms with Gasteiger partial charge in [-0.3, -0.25) is 14.0 Å². The van der Waals surface area contributed by atoms with Crippen LogP contribution >= 0.6 is 0 Å². The van der Waals surface area contributed by atoms with Crippen LogP contribution in [0.1, 0.15) is 17.4 Å². The van der Waals surface area contributed by atoms with Crippen LogP contribution in [0, 0.1) is 0 Å². The molecule has 0 saturated heterocycles. The quantitative estimate of drug-likeness (QED) is 0.865. The SMILES string of the molecule is CC(CNc1ccnc(C(=O)N(C)C)c1)S(C)=O. The standard InChI is InChI=1S/C12H19N3O2S/c1-9(18(4)17)8-14-10-5-6-13-11(7-10)12(16)15(2)3/h5-7,9H,8H2,1-4H3,(H,13,14). The first kappa shape index (κ1) is 14.6. The summed E-state index contributed by atoms with van der Waals surface area (Å²) in [5.41, 5.74) is 1.21. The molecule has 0 fully saturated rings. The first-order valence-corrected chi connectivity index (χ1v) is 7.27. The topological polar surface area (TPSA) is 62.3 Å². The van der Waals surface area contributed by atoms with Crippen LogP contribution < -0.4 is 5.32 Å². The zero-order valence-electron chi connectivity index (χ0n) is 11.1. The Labute approximate surface area is 110 Å². The summed E-state index contributed by atoms with van der Waals surface area (Å²) in [6, 6.07) is 3.49. The summed E-state index contributed by atoms with van der Waals surface area (Å²) in [5.74, 6) is -0.134. The molecule has 0 radical (unpaired) electrons. The smallest absolute Gasteiger partial charge is 0.272 e. The Morgan fingerprint density at radius 2 is 2.22 bits per heavy atom. The van der Waals surface area contributed by atoms with E-state index in [0.717, 1.165) is 5.69 Å². The number of anilines is 1. The molecular formula is C12H19N3O2S. The minimum Gasteiger partial charge on any atom is -0.384 e. The van der Waals surface area contributed by atoms with E-state index in [1.807, 2.05) is 6.92 Å². The van der Waals surface area contributed by atoms with Crippen LogP contribution in [0.2, 0.25) is 0 Å². The van der Waals surface area contributed by atoms with Crippen molar-refractivity contribution in [3.63, 3.8) is 0 Å². The number of rotatable bonds is 5. The molecule has 0 aromatic carbocycles. The highest BCUT2D eigenvalue weighted by atomic mass is 32.2. The second-order valence-electron chi connectivity index (χ2n) is 4.32. The molecule has 2 unspecified atom stereocenters. The Balaban J connectivity index is 2.71. The molecule has 6 heteroatoms. The van der Waals surface area contributed by atoms with E-state index in [-0.39, 0.29) is 11.2 Å². The van der Waals surface area contributed by atoms with Gasteiger partial charge in [-0.15, -0.1) is 0 Å². The number of carbonyl (C=O) groups excluding carboxylic acids is 1. The second kappa shape index (κ2) is 6.49. The number of amides is 1. The lowest BCUT2D eigenvalue weighted by molar-refractivity contribution is 0.0822. The molecule has 1 heterocycles. The summed E-state index contributed by atoms with van der Waals surface area (Å²) < 4.78 is 11.2. The highest BCUT2D eigenvalue weighted by Crippen LogP contribution is 2.09. The van der Waals surface area contributed by atoms with Crippen LogP contribution in [0.5, 0.6) is 0 Å². The zero-order valence-corrected chi connectivity index (χ0v) is 12.0. The summed E-state index contributed by atoms with van der Waals surface area (Å²) in [6.07, 6.45) is 3.27. The van der Waals surface area contributed by atoms with E-state index < -0.39 is 10.8 Å². The van der Waals surface area contributed by atoms with E-state index in [4.69, 9.17) is 0 Å². The lowest BCUT2D eigenvalue weighted by Gasteiger charge is -2.13. The minimum absolute atomic E-state index is 0.0613. The van der Waals surface area contributed by atoms with Crippen LogP contribution in [0.4, 0.5) is 5.69 Å². The number of hydrogen-bond acceptors (Lipinski definition) is 4. The number of carbonyl (C=O) groups is 1. The van der Waals surface area contributed by atoms with Crippen LogP contribution in [0.3, 0.4) is 0 Å². The van der Waals surface area contributed by atoms with Gasteiger partial charge in [0.15, 0.2) is 0 Å². The molecule has 1 N–H and O–H groups in total. The van der Waals surface area contributed by atoms with Crippen molar-refractivity contribution in [3.8, 4) is 0 Å². The number of hydrogen-bond donors (Lipinski definition) is 1. The van der Waals surface area contributed by atoms with Gasteiger partial charge in [0.25, 0.3) is 5.91 Å². The normalized spacial score (nSPS) is 13.8. The Kier molecular flexibility index (Phi) is 5.27. The third-order valence-electron chi connectivity index (χ3n) is 2.55. The first-order chi connectivity index (χ1) is 8.41. The Morgan fingerprint density at radius 3 is 2.78 bits per heavy atom. The second-order valence-corrected chi connectivity index (χ2v) is 6.12. The van der Waals surface area contributed by atoms with E-state index in [2.05, 4.69) is 10.3 Å². The van der Waals surface area contributed by atoms with E-state index in [0.29, 0.717) is 12.2 Å². The molecule has 5 nitrogen and oxygen atoms in total. The maximum absolute atomic E-state index is 11.7. The molecular weight excluding hydrogens is 250 g/mol. The molecule has 100 valence electrons. The predicted octanol–water partition coefficient (Wildman–Crippen LogP) is 0.962. The zero-order chi connectivity index (χ0) is 13.7. The third kappa shape index (κ3) is 4.10. The Morgan fingerprint density at radius 1 is 1.56 bits per heavy atom. The van der Waals surface area contributed by atoms with Crippen molar-refractivity contribution in [1.82, 2.24) is 9.88 Å². The van der Waals surface area contributed by atoms with E-state index in [1.165, 1.54) is 4.90 Å². The molecule has 18 heavy (non-hydrogen) atoms. The molecule has 1 aromatic heterocycles. The van der Waals surface area contributed by atoms with Gasteiger partial charge in [-0.2, -0.15) is 0 Å². The lowest BCUT2D eigenvalue weighted by Crippen LogP contribution is -2.23. The molecule has 0 aliphatic carbocycles. The van der Waals surface area contributed by atoms with E-state index >= 15 is 0 Å². The summed E-state index contributed by atoms with van der Waals surface area (Å²) in [7, 11) is 2.52. The largest absolute Gasteiger partial charge is 0.384 e. The first-order valence-electron chi connectivity index (χ1n) is 5.65. The van der Waals surface area contributed by atoms with Crippen molar-refractivity contribution in [2.75, 3.05) is 32.2 Å². The molecule has 0 aliphatic rings. The van der Waals surface area contributed by atoms with Gasteiger partial charge < -0.3 is 10.2 Å². The van der Waals surface area contributed by atoms with Crippen molar-refractivity contribution < 1.29 is 9.00 Å². The summed E-state index contributed by atoms with van der Waals surface area (Å²) in [6.45, 7) is 2.51. The van der Waals surface area contributed by atoms with Crippen molar-refractivity contribution in [2.45, 2.75) is 12.2 Å². The van der Waals surface area contributed by atoms with Gasteiger partial charge in [-0.1, -0.05) is 0 Å². The number of nitrogens with zero attached hydrogens (tertiary/aromatic N) is 2. The summed E-state index contributed by atoms with van der Waals surface area (Å²) in [4.78, 5) is 17.2. The lowest BCUT2D eigenvalue weighted by atomic mass is 10.3. The molecule has 1 aromatic rings. The fraction of sp³-hybridized carbons (Fsp3) is 0.500. The fourth-order valence-corrected chi connectivity index (χ4v) is 1.58. The van der Waals surface area contributed by atoms with E-state index in [1.54, 1.807) is 38.7 Å². The number of nitrogens with one attached hydrogen (secondary N) is 1. The van der Waals surface area contributed by atoms with Gasteiger partial charge in [0.1, 0.15) is 5.69 Å². The van der Waals surface area contributed by atoms with Gasteiger partial charge >= 0.3 is 0 Å². The number of pyridine rings is 1. The molecule has 1 rings (SSSR count). The molecule has 0 aliphatic heterocycles. The van der Waals surface area contributed by atoms with Gasteiger partial charge in [0, 0.05) is 54.8 Å². The van der Waals surface area contributed by atoms with Gasteiger partial charge in [0.05, 0.1) is 0 Å².